The van der Waals surface area contributed by atoms with Crippen molar-refractivity contribution in [2.45, 2.75) is 19.5 Å². The fourth-order valence-electron chi connectivity index (χ4n) is 3.26. The molecular formula is C21H21FN4O. The second kappa shape index (κ2) is 7.72. The molecule has 3 aromatic rings. The number of methoxy groups -OCH3 is 1. The first-order chi connectivity index (χ1) is 13.2. The monoisotopic (exact) mass is 364 g/mol. The summed E-state index contributed by atoms with van der Waals surface area (Å²) in [5, 5.41) is 3.13. The van der Waals surface area contributed by atoms with E-state index in [1.807, 2.05) is 18.3 Å². The van der Waals surface area contributed by atoms with Gasteiger partial charge >= 0.3 is 0 Å². The number of benzene rings is 2. The highest BCUT2D eigenvalue weighted by atomic mass is 19.1. The Morgan fingerprint density at radius 3 is 2.85 bits per heavy atom. The number of hydrogen-bond donors (Lipinski definition) is 1. The molecule has 0 bridgehead atoms. The molecule has 2 aromatic carbocycles. The largest absolute Gasteiger partial charge is 0.497 e. The van der Waals surface area contributed by atoms with Crippen LogP contribution >= 0.6 is 0 Å². The molecule has 6 heteroatoms. The van der Waals surface area contributed by atoms with Crippen LogP contribution in [0.4, 0.5) is 16.0 Å². The molecule has 1 aliphatic heterocycles. The van der Waals surface area contributed by atoms with Gasteiger partial charge in [0.2, 0.25) is 5.95 Å². The van der Waals surface area contributed by atoms with E-state index in [0.29, 0.717) is 5.95 Å². The predicted octanol–water partition coefficient (Wildman–Crippen LogP) is 3.93. The number of ether oxygens (including phenoxy) is 1. The molecule has 0 radical (unpaired) electrons. The number of hydrogen-bond acceptors (Lipinski definition) is 5. The van der Waals surface area contributed by atoms with Crippen molar-refractivity contribution in [2.24, 2.45) is 0 Å². The molecule has 0 aliphatic carbocycles. The molecule has 27 heavy (non-hydrogen) atoms. The molecule has 5 nitrogen and oxygen atoms in total. The van der Waals surface area contributed by atoms with Crippen LogP contribution in [0.1, 0.15) is 16.8 Å². The summed E-state index contributed by atoms with van der Waals surface area (Å²) in [5.41, 5.74) is 4.21. The van der Waals surface area contributed by atoms with Crippen LogP contribution in [0.3, 0.4) is 0 Å². The summed E-state index contributed by atoms with van der Waals surface area (Å²) in [6, 6.07) is 14.3. The fourth-order valence-corrected chi connectivity index (χ4v) is 3.26. The maximum atomic E-state index is 13.0. The SMILES string of the molecule is COc1cccc(CN2CCc3nc(Nc4ccc(F)cc4)ncc3C2)c1. The lowest BCUT2D eigenvalue weighted by Crippen LogP contribution is -2.31. The molecule has 1 aromatic heterocycles. The minimum Gasteiger partial charge on any atom is -0.497 e. The minimum absolute atomic E-state index is 0.261. The molecule has 138 valence electrons. The Kier molecular flexibility index (Phi) is 4.98. The number of rotatable bonds is 5. The molecule has 0 saturated heterocycles. The second-order valence-electron chi connectivity index (χ2n) is 6.61. The van der Waals surface area contributed by atoms with E-state index in [2.05, 4.69) is 32.3 Å². The van der Waals surface area contributed by atoms with Crippen molar-refractivity contribution >= 4 is 11.6 Å². The zero-order valence-corrected chi connectivity index (χ0v) is 15.2. The lowest BCUT2D eigenvalue weighted by atomic mass is 10.1. The molecule has 0 atom stereocenters. The number of aromatic nitrogens is 2. The highest BCUT2D eigenvalue weighted by Crippen LogP contribution is 2.22. The van der Waals surface area contributed by atoms with Crippen molar-refractivity contribution in [1.29, 1.82) is 0 Å². The van der Waals surface area contributed by atoms with Gasteiger partial charge in [-0.15, -0.1) is 0 Å². The van der Waals surface area contributed by atoms with Gasteiger partial charge < -0.3 is 10.1 Å². The predicted molar refractivity (Wildman–Crippen MR) is 103 cm³/mol. The lowest BCUT2D eigenvalue weighted by molar-refractivity contribution is 0.242. The Morgan fingerprint density at radius 1 is 1.19 bits per heavy atom. The maximum Gasteiger partial charge on any atom is 0.227 e. The maximum absolute atomic E-state index is 13.0. The van der Waals surface area contributed by atoms with Gasteiger partial charge in [0.15, 0.2) is 0 Å². The van der Waals surface area contributed by atoms with Crippen LogP contribution in [-0.2, 0) is 19.5 Å². The number of nitrogens with one attached hydrogen (secondary N) is 1. The van der Waals surface area contributed by atoms with Crippen LogP contribution in [0.25, 0.3) is 0 Å². The zero-order valence-electron chi connectivity index (χ0n) is 15.2. The Balaban J connectivity index is 1.43. The van der Waals surface area contributed by atoms with E-state index < -0.39 is 0 Å². The quantitative estimate of drug-likeness (QED) is 0.743. The highest BCUT2D eigenvalue weighted by Gasteiger charge is 2.18. The smallest absolute Gasteiger partial charge is 0.227 e. The third-order valence-corrected chi connectivity index (χ3v) is 4.65. The summed E-state index contributed by atoms with van der Waals surface area (Å²) in [7, 11) is 1.69. The minimum atomic E-state index is -0.261. The van der Waals surface area contributed by atoms with Gasteiger partial charge in [0.1, 0.15) is 11.6 Å². The van der Waals surface area contributed by atoms with Crippen molar-refractivity contribution in [3.8, 4) is 5.75 Å². The van der Waals surface area contributed by atoms with E-state index in [4.69, 9.17) is 4.74 Å². The Labute approximate surface area is 157 Å². The summed E-state index contributed by atoms with van der Waals surface area (Å²) in [5.74, 6) is 1.16. The van der Waals surface area contributed by atoms with Crippen molar-refractivity contribution in [3.05, 3.63) is 77.4 Å². The van der Waals surface area contributed by atoms with Gasteiger partial charge in [-0.3, -0.25) is 4.90 Å². The van der Waals surface area contributed by atoms with Crippen LogP contribution < -0.4 is 10.1 Å². The van der Waals surface area contributed by atoms with E-state index >= 15 is 0 Å². The average Bonchev–Trinajstić information content (AvgIpc) is 2.70. The average molecular weight is 364 g/mol. The van der Waals surface area contributed by atoms with Gasteiger partial charge in [0.25, 0.3) is 0 Å². The van der Waals surface area contributed by atoms with Crippen LogP contribution in [0.15, 0.2) is 54.7 Å². The Hall–Kier alpha value is -2.99. The van der Waals surface area contributed by atoms with Crippen LogP contribution in [0, 0.1) is 5.82 Å². The van der Waals surface area contributed by atoms with E-state index in [1.54, 1.807) is 19.2 Å². The van der Waals surface area contributed by atoms with E-state index in [1.165, 1.54) is 17.7 Å². The van der Waals surface area contributed by atoms with Gasteiger partial charge in [-0.25, -0.2) is 14.4 Å². The molecule has 0 saturated carbocycles. The molecule has 1 N–H and O–H groups in total. The van der Waals surface area contributed by atoms with Crippen LogP contribution in [0.5, 0.6) is 5.75 Å². The first kappa shape index (κ1) is 17.4. The molecule has 0 unspecified atom stereocenters. The van der Waals surface area contributed by atoms with Crippen LogP contribution in [0.2, 0.25) is 0 Å². The summed E-state index contributed by atoms with van der Waals surface area (Å²) >= 11 is 0. The molecule has 1 aliphatic rings. The highest BCUT2D eigenvalue weighted by molar-refractivity contribution is 5.53. The molecule has 0 fully saturated rings. The first-order valence-electron chi connectivity index (χ1n) is 8.92. The van der Waals surface area contributed by atoms with Gasteiger partial charge in [0, 0.05) is 43.5 Å². The number of halogens is 1. The van der Waals surface area contributed by atoms with E-state index in [-0.39, 0.29) is 5.82 Å². The summed E-state index contributed by atoms with van der Waals surface area (Å²) < 4.78 is 18.3. The third-order valence-electron chi connectivity index (χ3n) is 4.65. The Morgan fingerprint density at radius 2 is 2.04 bits per heavy atom. The van der Waals surface area contributed by atoms with E-state index in [9.17, 15) is 4.39 Å². The van der Waals surface area contributed by atoms with Crippen molar-refractivity contribution in [3.63, 3.8) is 0 Å². The third kappa shape index (κ3) is 4.23. The van der Waals surface area contributed by atoms with Crippen molar-refractivity contribution < 1.29 is 9.13 Å². The van der Waals surface area contributed by atoms with Crippen molar-refractivity contribution in [2.75, 3.05) is 19.0 Å². The molecular weight excluding hydrogens is 343 g/mol. The second-order valence-corrected chi connectivity index (χ2v) is 6.61. The van der Waals surface area contributed by atoms with Gasteiger partial charge in [-0.1, -0.05) is 12.1 Å². The summed E-state index contributed by atoms with van der Waals surface area (Å²) in [6.07, 6.45) is 2.76. The fraction of sp³-hybridized carbons (Fsp3) is 0.238. The summed E-state index contributed by atoms with van der Waals surface area (Å²) in [6.45, 7) is 2.63. The van der Waals surface area contributed by atoms with Gasteiger partial charge in [-0.2, -0.15) is 0 Å². The number of anilines is 2. The first-order valence-corrected chi connectivity index (χ1v) is 8.92. The topological polar surface area (TPSA) is 50.3 Å². The summed E-state index contributed by atoms with van der Waals surface area (Å²) in [4.78, 5) is 11.4. The molecule has 2 heterocycles. The number of nitrogens with zero attached hydrogens (tertiary/aromatic N) is 3. The number of fused-ring (bicyclic) bond motifs is 1. The lowest BCUT2D eigenvalue weighted by Gasteiger charge is -2.28. The molecule has 4 rings (SSSR count). The van der Waals surface area contributed by atoms with Crippen LogP contribution in [-0.4, -0.2) is 28.5 Å². The van der Waals surface area contributed by atoms with Gasteiger partial charge in [0.05, 0.1) is 12.8 Å². The normalized spacial score (nSPS) is 13.9. The van der Waals surface area contributed by atoms with Crippen molar-refractivity contribution in [1.82, 2.24) is 14.9 Å². The molecule has 0 spiro atoms. The van der Waals surface area contributed by atoms with E-state index in [0.717, 1.165) is 48.7 Å². The Bertz CT molecular complexity index is 930. The zero-order chi connectivity index (χ0) is 18.6. The standard InChI is InChI=1S/C21H21FN4O/c1-27-19-4-2-3-15(11-19)13-26-10-9-20-16(14-26)12-23-21(25-20)24-18-7-5-17(22)6-8-18/h2-8,11-12H,9-10,13-14H2,1H3,(H,23,24,25). The molecule has 0 amide bonds. The van der Waals surface area contributed by atoms with Gasteiger partial charge in [-0.05, 0) is 42.0 Å².